The van der Waals surface area contributed by atoms with E-state index >= 15 is 0 Å². The minimum Gasteiger partial charge on any atom is -0.477 e. The molecule has 1 saturated carbocycles. The van der Waals surface area contributed by atoms with E-state index in [1.54, 1.807) is 14.0 Å². The van der Waals surface area contributed by atoms with Crippen molar-refractivity contribution in [3.8, 4) is 0 Å². The highest BCUT2D eigenvalue weighted by Crippen LogP contribution is 2.24. The third kappa shape index (κ3) is 2.76. The predicted octanol–water partition coefficient (Wildman–Crippen LogP) is 1.46. The molecule has 6 heteroatoms. The first-order valence-electron chi connectivity index (χ1n) is 5.98. The summed E-state index contributed by atoms with van der Waals surface area (Å²) in [7, 11) is 1.68. The molecular formula is C12H17N3O3. The lowest BCUT2D eigenvalue weighted by Gasteiger charge is -2.19. The highest BCUT2D eigenvalue weighted by Gasteiger charge is 2.27. The average molecular weight is 251 g/mol. The summed E-state index contributed by atoms with van der Waals surface area (Å²) in [6, 6.07) is 1.61. The van der Waals surface area contributed by atoms with Crippen molar-refractivity contribution in [2.24, 2.45) is 0 Å². The zero-order chi connectivity index (χ0) is 13.1. The van der Waals surface area contributed by atoms with Gasteiger partial charge in [-0.2, -0.15) is 0 Å². The molecule has 2 rings (SSSR count). The van der Waals surface area contributed by atoms with Crippen LogP contribution in [0, 0.1) is 6.92 Å². The van der Waals surface area contributed by atoms with Gasteiger partial charge in [-0.05, 0) is 32.3 Å². The normalized spacial score (nSPS) is 23.0. The number of aromatic nitrogens is 2. The van der Waals surface area contributed by atoms with Crippen LogP contribution in [0.25, 0.3) is 0 Å². The summed E-state index contributed by atoms with van der Waals surface area (Å²) in [6.07, 6.45) is 3.22. The largest absolute Gasteiger partial charge is 0.477 e. The first-order chi connectivity index (χ1) is 8.60. The number of aryl methyl sites for hydroxylation is 1. The Morgan fingerprint density at radius 1 is 1.50 bits per heavy atom. The topological polar surface area (TPSA) is 84.3 Å². The maximum atomic E-state index is 10.9. The fourth-order valence-electron chi connectivity index (χ4n) is 2.28. The summed E-state index contributed by atoms with van der Waals surface area (Å²) >= 11 is 0. The molecule has 1 aromatic heterocycles. The van der Waals surface area contributed by atoms with E-state index in [0.717, 1.165) is 19.3 Å². The number of nitrogens with one attached hydrogen (secondary N) is 1. The Labute approximate surface area is 105 Å². The van der Waals surface area contributed by atoms with Gasteiger partial charge >= 0.3 is 5.97 Å². The second-order valence-corrected chi connectivity index (χ2v) is 4.48. The molecule has 2 atom stereocenters. The molecule has 1 aliphatic carbocycles. The highest BCUT2D eigenvalue weighted by atomic mass is 16.5. The van der Waals surface area contributed by atoms with E-state index < -0.39 is 5.97 Å². The molecule has 0 radical (unpaired) electrons. The lowest BCUT2D eigenvalue weighted by Crippen LogP contribution is -2.30. The summed E-state index contributed by atoms with van der Waals surface area (Å²) in [6.45, 7) is 1.75. The maximum Gasteiger partial charge on any atom is 0.354 e. The summed E-state index contributed by atoms with van der Waals surface area (Å²) in [5, 5.41) is 12.1. The van der Waals surface area contributed by atoms with Gasteiger partial charge in [-0.1, -0.05) is 0 Å². The number of aromatic carboxylic acids is 1. The molecular weight excluding hydrogens is 234 g/mol. The van der Waals surface area contributed by atoms with Gasteiger partial charge in [-0.25, -0.2) is 14.8 Å². The third-order valence-corrected chi connectivity index (χ3v) is 3.14. The van der Waals surface area contributed by atoms with Crippen molar-refractivity contribution < 1.29 is 14.6 Å². The number of methoxy groups -OCH3 is 1. The van der Waals surface area contributed by atoms with Crippen LogP contribution in [0.2, 0.25) is 0 Å². The lowest BCUT2D eigenvalue weighted by atomic mass is 10.2. The van der Waals surface area contributed by atoms with Crippen LogP contribution in [0.15, 0.2) is 6.07 Å². The van der Waals surface area contributed by atoms with Gasteiger partial charge in [0.05, 0.1) is 12.1 Å². The molecule has 0 aliphatic heterocycles. The molecule has 1 aliphatic rings. The average Bonchev–Trinajstić information content (AvgIpc) is 2.75. The minimum atomic E-state index is -1.04. The Bertz CT molecular complexity index is 450. The smallest absolute Gasteiger partial charge is 0.354 e. The van der Waals surface area contributed by atoms with Gasteiger partial charge in [0.2, 0.25) is 5.95 Å². The molecule has 98 valence electrons. The maximum absolute atomic E-state index is 10.9. The first kappa shape index (κ1) is 12.8. The van der Waals surface area contributed by atoms with Gasteiger partial charge in [0.15, 0.2) is 5.69 Å². The van der Waals surface area contributed by atoms with Crippen LogP contribution in [-0.2, 0) is 4.74 Å². The second-order valence-electron chi connectivity index (χ2n) is 4.48. The van der Waals surface area contributed by atoms with E-state index in [0.29, 0.717) is 11.6 Å². The zero-order valence-corrected chi connectivity index (χ0v) is 10.5. The van der Waals surface area contributed by atoms with E-state index in [2.05, 4.69) is 15.3 Å². The van der Waals surface area contributed by atoms with E-state index in [9.17, 15) is 4.79 Å². The van der Waals surface area contributed by atoms with Crippen LogP contribution in [0.1, 0.15) is 35.4 Å². The van der Waals surface area contributed by atoms with E-state index in [4.69, 9.17) is 9.84 Å². The Balaban J connectivity index is 2.16. The van der Waals surface area contributed by atoms with Crippen molar-refractivity contribution in [3.05, 3.63) is 17.5 Å². The molecule has 1 heterocycles. The Morgan fingerprint density at radius 3 is 2.94 bits per heavy atom. The van der Waals surface area contributed by atoms with Crippen LogP contribution in [0.5, 0.6) is 0 Å². The quantitative estimate of drug-likeness (QED) is 0.842. The Hall–Kier alpha value is -1.69. The molecule has 18 heavy (non-hydrogen) atoms. The van der Waals surface area contributed by atoms with Crippen molar-refractivity contribution in [3.63, 3.8) is 0 Å². The minimum absolute atomic E-state index is 0.0111. The molecule has 6 nitrogen and oxygen atoms in total. The number of nitrogens with zero attached hydrogens (tertiary/aromatic N) is 2. The zero-order valence-electron chi connectivity index (χ0n) is 10.5. The molecule has 0 bridgehead atoms. The second kappa shape index (κ2) is 5.30. The van der Waals surface area contributed by atoms with Crippen LogP contribution < -0.4 is 5.32 Å². The number of carbonyl (C=O) groups is 1. The van der Waals surface area contributed by atoms with Gasteiger partial charge in [0, 0.05) is 12.8 Å². The van der Waals surface area contributed by atoms with E-state index in [-0.39, 0.29) is 17.8 Å². The van der Waals surface area contributed by atoms with Gasteiger partial charge in [-0.15, -0.1) is 0 Å². The predicted molar refractivity (Wildman–Crippen MR) is 65.8 cm³/mol. The van der Waals surface area contributed by atoms with Crippen LogP contribution in [0.3, 0.4) is 0 Å². The van der Waals surface area contributed by atoms with Crippen molar-refractivity contribution in [1.29, 1.82) is 0 Å². The van der Waals surface area contributed by atoms with E-state index in [1.807, 2.05) is 0 Å². The highest BCUT2D eigenvalue weighted by molar-refractivity contribution is 5.85. The Kier molecular flexibility index (Phi) is 3.76. The van der Waals surface area contributed by atoms with Crippen molar-refractivity contribution in [2.45, 2.75) is 38.3 Å². The number of hydrogen-bond donors (Lipinski definition) is 2. The summed E-state index contributed by atoms with van der Waals surface area (Å²) < 4.78 is 5.37. The standard InChI is InChI=1S/C12H17N3O3/c1-7-6-9(11(16)17)15-12(13-7)14-8-4-3-5-10(8)18-2/h6,8,10H,3-5H2,1-2H3,(H,16,17)(H,13,14,15). The fourth-order valence-corrected chi connectivity index (χ4v) is 2.28. The number of carboxylic acids is 1. The number of carboxylic acid groups (broad SMARTS) is 1. The molecule has 1 fully saturated rings. The van der Waals surface area contributed by atoms with Crippen molar-refractivity contribution in [1.82, 2.24) is 9.97 Å². The summed E-state index contributed by atoms with van der Waals surface area (Å²) in [5.41, 5.74) is 0.647. The number of ether oxygens (including phenoxy) is 1. The van der Waals surface area contributed by atoms with Crippen LogP contribution in [-0.4, -0.2) is 40.3 Å². The molecule has 1 aromatic rings. The summed E-state index contributed by atoms with van der Waals surface area (Å²) in [5.74, 6) is -0.681. The van der Waals surface area contributed by atoms with Crippen molar-refractivity contribution >= 4 is 11.9 Å². The van der Waals surface area contributed by atoms with Crippen molar-refractivity contribution in [2.75, 3.05) is 12.4 Å². The monoisotopic (exact) mass is 251 g/mol. The lowest BCUT2D eigenvalue weighted by molar-refractivity contribution is 0.0690. The molecule has 2 unspecified atom stereocenters. The number of anilines is 1. The van der Waals surface area contributed by atoms with Gasteiger partial charge in [0.25, 0.3) is 0 Å². The van der Waals surface area contributed by atoms with E-state index in [1.165, 1.54) is 6.07 Å². The first-order valence-corrected chi connectivity index (χ1v) is 5.98. The van der Waals surface area contributed by atoms with Gasteiger partial charge in [0.1, 0.15) is 0 Å². The van der Waals surface area contributed by atoms with Crippen LogP contribution in [0.4, 0.5) is 5.95 Å². The SMILES string of the molecule is COC1CCCC1Nc1nc(C)cc(C(=O)O)n1. The molecule has 0 amide bonds. The summed E-state index contributed by atoms with van der Waals surface area (Å²) in [4.78, 5) is 19.1. The third-order valence-electron chi connectivity index (χ3n) is 3.14. The number of rotatable bonds is 4. The van der Waals surface area contributed by atoms with Gasteiger partial charge in [-0.3, -0.25) is 0 Å². The molecule has 0 aromatic carbocycles. The Morgan fingerprint density at radius 2 is 2.28 bits per heavy atom. The van der Waals surface area contributed by atoms with Gasteiger partial charge < -0.3 is 15.2 Å². The molecule has 0 saturated heterocycles. The molecule has 0 spiro atoms. The number of hydrogen-bond acceptors (Lipinski definition) is 5. The molecule has 2 N–H and O–H groups in total. The van der Waals surface area contributed by atoms with Crippen LogP contribution >= 0.6 is 0 Å². The fraction of sp³-hybridized carbons (Fsp3) is 0.583.